The summed E-state index contributed by atoms with van der Waals surface area (Å²) in [6.45, 7) is -0.400. The van der Waals surface area contributed by atoms with Gasteiger partial charge >= 0.3 is 5.97 Å². The van der Waals surface area contributed by atoms with E-state index in [9.17, 15) is 14.0 Å². The Labute approximate surface area is 136 Å². The van der Waals surface area contributed by atoms with Gasteiger partial charge in [-0.1, -0.05) is 5.16 Å². The highest BCUT2D eigenvalue weighted by atomic mass is 19.1. The van der Waals surface area contributed by atoms with Gasteiger partial charge in [0.15, 0.2) is 11.5 Å². The maximum Gasteiger partial charge on any atom is 0.323 e. The van der Waals surface area contributed by atoms with E-state index >= 15 is 0 Å². The zero-order valence-electron chi connectivity index (χ0n) is 12.9. The van der Waals surface area contributed by atoms with Crippen LogP contribution >= 0.6 is 0 Å². The smallest absolute Gasteiger partial charge is 0.323 e. The fraction of sp³-hybridized carbons (Fsp3) is 0.312. The number of aliphatic carboxylic acids is 1. The minimum Gasteiger partial charge on any atom is -0.497 e. The minimum atomic E-state index is -1.10. The van der Waals surface area contributed by atoms with Gasteiger partial charge < -0.3 is 19.3 Å². The fourth-order valence-electron chi connectivity index (χ4n) is 2.37. The lowest BCUT2D eigenvalue weighted by molar-refractivity contribution is -0.137. The number of carboxylic acids is 1. The number of hydrogen-bond donors (Lipinski definition) is 1. The van der Waals surface area contributed by atoms with Gasteiger partial charge in [-0.2, -0.15) is 0 Å². The molecule has 0 aliphatic heterocycles. The SMILES string of the molecule is COc1ccc(-c2cc(C(=O)N(CC(=O)O)C3CC3)no2)c(F)c1. The Balaban J connectivity index is 1.84. The molecule has 8 heteroatoms. The minimum absolute atomic E-state index is 0.0478. The van der Waals surface area contributed by atoms with Crippen LogP contribution in [0.2, 0.25) is 0 Å². The molecule has 126 valence electrons. The van der Waals surface area contributed by atoms with E-state index in [1.54, 1.807) is 6.07 Å². The number of ether oxygens (including phenoxy) is 1. The van der Waals surface area contributed by atoms with Crippen molar-refractivity contribution in [3.63, 3.8) is 0 Å². The zero-order valence-corrected chi connectivity index (χ0v) is 12.9. The number of carbonyl (C=O) groups is 2. The molecule has 1 saturated carbocycles. The molecular weight excluding hydrogens is 319 g/mol. The van der Waals surface area contributed by atoms with Crippen LogP contribution in [0.25, 0.3) is 11.3 Å². The van der Waals surface area contributed by atoms with Gasteiger partial charge in [-0.05, 0) is 25.0 Å². The maximum atomic E-state index is 14.1. The van der Waals surface area contributed by atoms with Crippen LogP contribution in [0, 0.1) is 5.82 Å². The molecule has 3 rings (SSSR count). The summed E-state index contributed by atoms with van der Waals surface area (Å²) in [7, 11) is 1.43. The van der Waals surface area contributed by atoms with Gasteiger partial charge in [0.25, 0.3) is 5.91 Å². The number of methoxy groups -OCH3 is 1. The second-order valence-electron chi connectivity index (χ2n) is 5.48. The highest BCUT2D eigenvalue weighted by Crippen LogP contribution is 2.30. The number of benzene rings is 1. The molecule has 1 aromatic carbocycles. The van der Waals surface area contributed by atoms with E-state index in [0.29, 0.717) is 5.75 Å². The van der Waals surface area contributed by atoms with Crippen molar-refractivity contribution in [2.75, 3.05) is 13.7 Å². The van der Waals surface area contributed by atoms with Crippen LogP contribution in [-0.4, -0.2) is 46.7 Å². The van der Waals surface area contributed by atoms with E-state index in [1.807, 2.05) is 0 Å². The molecule has 1 aliphatic carbocycles. The lowest BCUT2D eigenvalue weighted by atomic mass is 10.1. The van der Waals surface area contributed by atoms with Crippen molar-refractivity contribution < 1.29 is 28.3 Å². The number of nitrogens with zero attached hydrogens (tertiary/aromatic N) is 2. The van der Waals surface area contributed by atoms with Gasteiger partial charge in [0.05, 0.1) is 12.7 Å². The summed E-state index contributed by atoms with van der Waals surface area (Å²) in [4.78, 5) is 24.6. The average Bonchev–Trinajstić information content (AvgIpc) is 3.28. The summed E-state index contributed by atoms with van der Waals surface area (Å²) in [5.41, 5.74) is 0.0897. The zero-order chi connectivity index (χ0) is 17.3. The summed E-state index contributed by atoms with van der Waals surface area (Å²) in [6, 6.07) is 5.43. The fourth-order valence-corrected chi connectivity index (χ4v) is 2.37. The number of amides is 1. The van der Waals surface area contributed by atoms with Crippen molar-refractivity contribution in [3.05, 3.63) is 35.8 Å². The van der Waals surface area contributed by atoms with Gasteiger partial charge in [-0.3, -0.25) is 9.59 Å². The van der Waals surface area contributed by atoms with Crippen molar-refractivity contribution in [3.8, 4) is 17.1 Å². The Hall–Kier alpha value is -2.90. The van der Waals surface area contributed by atoms with Gasteiger partial charge in [0.1, 0.15) is 18.1 Å². The van der Waals surface area contributed by atoms with E-state index < -0.39 is 24.2 Å². The molecule has 1 aromatic heterocycles. The molecule has 1 heterocycles. The molecule has 1 N–H and O–H groups in total. The second-order valence-corrected chi connectivity index (χ2v) is 5.48. The summed E-state index contributed by atoms with van der Waals surface area (Å²) in [5, 5.41) is 12.6. The van der Waals surface area contributed by atoms with Crippen LogP contribution in [0.5, 0.6) is 5.75 Å². The number of carbonyl (C=O) groups excluding carboxylic acids is 1. The molecule has 0 atom stereocenters. The summed E-state index contributed by atoms with van der Waals surface area (Å²) in [5.74, 6) is -1.77. The van der Waals surface area contributed by atoms with Crippen LogP contribution in [0.3, 0.4) is 0 Å². The number of carboxylic acid groups (broad SMARTS) is 1. The van der Waals surface area contributed by atoms with Crippen LogP contribution in [0.1, 0.15) is 23.3 Å². The van der Waals surface area contributed by atoms with Crippen molar-refractivity contribution in [2.45, 2.75) is 18.9 Å². The topological polar surface area (TPSA) is 92.9 Å². The van der Waals surface area contributed by atoms with Crippen molar-refractivity contribution >= 4 is 11.9 Å². The van der Waals surface area contributed by atoms with E-state index in [2.05, 4.69) is 5.16 Å². The summed E-state index contributed by atoms with van der Waals surface area (Å²) >= 11 is 0. The first-order chi connectivity index (χ1) is 11.5. The van der Waals surface area contributed by atoms with Crippen molar-refractivity contribution in [1.29, 1.82) is 0 Å². The molecule has 24 heavy (non-hydrogen) atoms. The molecule has 1 fully saturated rings. The third-order valence-electron chi connectivity index (χ3n) is 3.73. The van der Waals surface area contributed by atoms with Crippen LogP contribution in [0.15, 0.2) is 28.8 Å². The monoisotopic (exact) mass is 334 g/mol. The van der Waals surface area contributed by atoms with Gasteiger partial charge in [-0.25, -0.2) is 4.39 Å². The van der Waals surface area contributed by atoms with Crippen molar-refractivity contribution in [1.82, 2.24) is 10.1 Å². The Bertz CT molecular complexity index is 785. The molecule has 0 saturated heterocycles. The van der Waals surface area contributed by atoms with E-state index in [0.717, 1.165) is 12.8 Å². The van der Waals surface area contributed by atoms with Crippen LogP contribution < -0.4 is 4.74 Å². The third-order valence-corrected chi connectivity index (χ3v) is 3.73. The highest BCUT2D eigenvalue weighted by Gasteiger charge is 2.35. The first-order valence-corrected chi connectivity index (χ1v) is 7.33. The van der Waals surface area contributed by atoms with Crippen LogP contribution in [0.4, 0.5) is 4.39 Å². The van der Waals surface area contributed by atoms with E-state index in [-0.39, 0.29) is 23.1 Å². The van der Waals surface area contributed by atoms with Crippen molar-refractivity contribution in [2.24, 2.45) is 0 Å². The largest absolute Gasteiger partial charge is 0.497 e. The molecular formula is C16H15FN2O5. The number of halogens is 1. The Morgan fingerprint density at radius 2 is 2.17 bits per heavy atom. The first-order valence-electron chi connectivity index (χ1n) is 7.33. The Morgan fingerprint density at radius 3 is 2.75 bits per heavy atom. The maximum absolute atomic E-state index is 14.1. The predicted octanol–water partition coefficient (Wildman–Crippen LogP) is 2.18. The van der Waals surface area contributed by atoms with Gasteiger partial charge in [0.2, 0.25) is 0 Å². The third kappa shape index (κ3) is 3.22. The van der Waals surface area contributed by atoms with Gasteiger partial charge in [-0.15, -0.1) is 0 Å². The van der Waals surface area contributed by atoms with E-state index in [1.165, 1.54) is 30.2 Å². The molecule has 1 amide bonds. The highest BCUT2D eigenvalue weighted by molar-refractivity contribution is 5.95. The molecule has 1 aliphatic rings. The lowest BCUT2D eigenvalue weighted by Crippen LogP contribution is -2.37. The lowest BCUT2D eigenvalue weighted by Gasteiger charge is -2.18. The summed E-state index contributed by atoms with van der Waals surface area (Å²) < 4.78 is 24.0. The average molecular weight is 334 g/mol. The molecule has 0 unspecified atom stereocenters. The van der Waals surface area contributed by atoms with E-state index in [4.69, 9.17) is 14.4 Å². The first kappa shape index (κ1) is 16.0. The quantitative estimate of drug-likeness (QED) is 0.870. The van der Waals surface area contributed by atoms with Crippen LogP contribution in [-0.2, 0) is 4.79 Å². The number of rotatable bonds is 6. The molecule has 0 bridgehead atoms. The Kier molecular flexibility index (Phi) is 4.20. The van der Waals surface area contributed by atoms with Gasteiger partial charge in [0, 0.05) is 18.2 Å². The number of aromatic nitrogens is 1. The molecule has 0 radical (unpaired) electrons. The second kappa shape index (κ2) is 6.31. The number of hydrogen-bond acceptors (Lipinski definition) is 5. The normalized spacial score (nSPS) is 13.6. The molecule has 0 spiro atoms. The summed E-state index contributed by atoms with van der Waals surface area (Å²) in [6.07, 6.45) is 1.52. The molecule has 7 nitrogen and oxygen atoms in total. The Morgan fingerprint density at radius 1 is 1.42 bits per heavy atom. The molecule has 2 aromatic rings. The standard InChI is InChI=1S/C16H15FN2O5/c1-23-10-4-5-11(12(17)6-10)14-7-13(18-24-14)16(22)19(8-15(20)21)9-2-3-9/h4-7,9H,2-3,8H2,1H3,(H,20,21). The predicted molar refractivity (Wildman–Crippen MR) is 80.1 cm³/mol.